The summed E-state index contributed by atoms with van der Waals surface area (Å²) in [5.74, 6) is 0.679. The topological polar surface area (TPSA) is 21.3 Å². The van der Waals surface area contributed by atoms with Crippen LogP contribution in [-0.4, -0.2) is 18.8 Å². The quantitative estimate of drug-likeness (QED) is 0.892. The summed E-state index contributed by atoms with van der Waals surface area (Å²) in [6.07, 6.45) is 1.64. The summed E-state index contributed by atoms with van der Waals surface area (Å²) in [5.41, 5.74) is 2.76. The van der Waals surface area contributed by atoms with Gasteiger partial charge in [-0.15, -0.1) is 0 Å². The van der Waals surface area contributed by atoms with Gasteiger partial charge < -0.3 is 10.1 Å². The van der Waals surface area contributed by atoms with Crippen LogP contribution >= 0.6 is 15.9 Å². The third kappa shape index (κ3) is 1.71. The van der Waals surface area contributed by atoms with E-state index in [0.717, 1.165) is 6.61 Å². The number of rotatable bonds is 2. The van der Waals surface area contributed by atoms with Crippen LogP contribution in [0.2, 0.25) is 0 Å². The zero-order valence-electron chi connectivity index (χ0n) is 11.2. The van der Waals surface area contributed by atoms with Crippen LogP contribution in [0.5, 0.6) is 0 Å². The summed E-state index contributed by atoms with van der Waals surface area (Å²) >= 11 is 3.60. The lowest BCUT2D eigenvalue weighted by Crippen LogP contribution is -2.63. The van der Waals surface area contributed by atoms with Gasteiger partial charge in [-0.1, -0.05) is 35.8 Å². The Kier molecular flexibility index (Phi) is 2.94. The first-order chi connectivity index (χ1) is 8.51. The van der Waals surface area contributed by atoms with Crippen LogP contribution in [0, 0.1) is 18.3 Å². The normalized spacial score (nSPS) is 32.8. The predicted octanol–water partition coefficient (Wildman–Crippen LogP) is 3.98. The molecule has 2 aliphatic rings. The molecule has 2 nitrogen and oxygen atoms in total. The molecule has 1 heterocycles. The van der Waals surface area contributed by atoms with Gasteiger partial charge in [0.05, 0.1) is 6.10 Å². The molecule has 1 saturated carbocycles. The molecule has 1 N–H and O–H groups in total. The number of anilines is 1. The van der Waals surface area contributed by atoms with E-state index < -0.39 is 0 Å². The third-order valence-electron chi connectivity index (χ3n) is 4.68. The molecule has 0 spiro atoms. The summed E-state index contributed by atoms with van der Waals surface area (Å²) in [6.45, 7) is 7.70. The monoisotopic (exact) mass is 309 g/mol. The smallest absolute Gasteiger partial charge is 0.0694 e. The lowest BCUT2D eigenvalue weighted by Gasteiger charge is -2.55. The molecule has 3 heteroatoms. The van der Waals surface area contributed by atoms with E-state index in [2.05, 4.69) is 60.2 Å². The van der Waals surface area contributed by atoms with Gasteiger partial charge in [0.15, 0.2) is 0 Å². The van der Waals surface area contributed by atoms with Crippen molar-refractivity contribution in [1.29, 1.82) is 0 Å². The first-order valence-electron chi connectivity index (χ1n) is 6.65. The molecule has 3 unspecified atom stereocenters. The van der Waals surface area contributed by atoms with Gasteiger partial charge in [0, 0.05) is 34.1 Å². The lowest BCUT2D eigenvalue weighted by atomic mass is 9.57. The third-order valence-corrected chi connectivity index (χ3v) is 5.54. The minimum atomic E-state index is 0.232. The Balaban J connectivity index is 1.83. The van der Waals surface area contributed by atoms with E-state index in [1.165, 1.54) is 22.1 Å². The number of nitrogens with one attached hydrogen (secondary N) is 1. The zero-order chi connectivity index (χ0) is 12.9. The van der Waals surface area contributed by atoms with Crippen molar-refractivity contribution in [3.8, 4) is 0 Å². The van der Waals surface area contributed by atoms with Crippen LogP contribution in [0.25, 0.3) is 0 Å². The number of benzene rings is 1. The Bertz CT molecular complexity index is 472. The molecule has 0 aromatic heterocycles. The van der Waals surface area contributed by atoms with Crippen LogP contribution in [0.15, 0.2) is 22.7 Å². The Labute approximate surface area is 117 Å². The molecule has 1 aromatic carbocycles. The first-order valence-corrected chi connectivity index (χ1v) is 7.44. The summed E-state index contributed by atoms with van der Waals surface area (Å²) < 4.78 is 7.01. The molecular weight excluding hydrogens is 290 g/mol. The molecule has 0 radical (unpaired) electrons. The van der Waals surface area contributed by atoms with Gasteiger partial charge in [0.25, 0.3) is 0 Å². The number of hydrogen-bond acceptors (Lipinski definition) is 2. The van der Waals surface area contributed by atoms with Crippen molar-refractivity contribution in [2.24, 2.45) is 11.3 Å². The second-order valence-corrected chi connectivity index (χ2v) is 6.95. The van der Waals surface area contributed by atoms with Crippen molar-refractivity contribution in [1.82, 2.24) is 0 Å². The minimum absolute atomic E-state index is 0.232. The zero-order valence-corrected chi connectivity index (χ0v) is 12.8. The maximum absolute atomic E-state index is 5.84. The van der Waals surface area contributed by atoms with Crippen LogP contribution in [0.4, 0.5) is 5.69 Å². The molecule has 1 aromatic rings. The molecule has 18 heavy (non-hydrogen) atoms. The van der Waals surface area contributed by atoms with Crippen LogP contribution in [0.1, 0.15) is 25.8 Å². The Morgan fingerprint density at radius 2 is 2.17 bits per heavy atom. The number of hydrogen-bond donors (Lipinski definition) is 1. The van der Waals surface area contributed by atoms with Gasteiger partial charge in [-0.3, -0.25) is 0 Å². The fourth-order valence-corrected chi connectivity index (χ4v) is 3.91. The summed E-state index contributed by atoms with van der Waals surface area (Å²) in [4.78, 5) is 0. The summed E-state index contributed by atoms with van der Waals surface area (Å²) in [7, 11) is 0. The Hall–Kier alpha value is -0.540. The highest BCUT2D eigenvalue weighted by atomic mass is 79.9. The van der Waals surface area contributed by atoms with Gasteiger partial charge in [0.2, 0.25) is 0 Å². The molecule has 1 aliphatic heterocycles. The molecule has 98 valence electrons. The largest absolute Gasteiger partial charge is 0.381 e. The van der Waals surface area contributed by atoms with E-state index in [0.29, 0.717) is 18.1 Å². The summed E-state index contributed by atoms with van der Waals surface area (Å²) in [6, 6.07) is 6.87. The highest BCUT2D eigenvalue weighted by Crippen LogP contribution is 2.53. The fraction of sp³-hybridized carbons (Fsp3) is 0.600. The van der Waals surface area contributed by atoms with Gasteiger partial charge in [-0.25, -0.2) is 0 Å². The van der Waals surface area contributed by atoms with Crippen molar-refractivity contribution >= 4 is 21.6 Å². The molecule has 1 saturated heterocycles. The van der Waals surface area contributed by atoms with E-state index in [4.69, 9.17) is 4.74 Å². The molecular formula is C15H20BrNO. The fourth-order valence-electron chi connectivity index (χ4n) is 3.55. The molecule has 3 rings (SSSR count). The standard InChI is InChI=1S/C15H20BrNO/c1-9-11(16)5-4-6-12(9)17-13-10-7-8-18-14(10)15(13,2)3/h4-6,10,13-14,17H,7-8H2,1-3H3. The lowest BCUT2D eigenvalue weighted by molar-refractivity contribution is -0.0923. The van der Waals surface area contributed by atoms with Crippen molar-refractivity contribution in [2.75, 3.05) is 11.9 Å². The van der Waals surface area contributed by atoms with E-state index >= 15 is 0 Å². The van der Waals surface area contributed by atoms with Crippen molar-refractivity contribution in [3.63, 3.8) is 0 Å². The van der Waals surface area contributed by atoms with Crippen molar-refractivity contribution < 1.29 is 4.74 Å². The highest BCUT2D eigenvalue weighted by Gasteiger charge is 2.59. The van der Waals surface area contributed by atoms with Gasteiger partial charge in [0.1, 0.15) is 0 Å². The second kappa shape index (κ2) is 4.24. The van der Waals surface area contributed by atoms with E-state index in [1.54, 1.807) is 0 Å². The average Bonchev–Trinajstić information content (AvgIpc) is 2.77. The Morgan fingerprint density at radius 3 is 2.94 bits per heavy atom. The second-order valence-electron chi connectivity index (χ2n) is 6.10. The predicted molar refractivity (Wildman–Crippen MR) is 77.9 cm³/mol. The number of halogens is 1. The maximum atomic E-state index is 5.84. The highest BCUT2D eigenvalue weighted by molar-refractivity contribution is 9.10. The summed E-state index contributed by atoms with van der Waals surface area (Å²) in [5, 5.41) is 3.74. The van der Waals surface area contributed by atoms with Gasteiger partial charge in [-0.05, 0) is 31.0 Å². The van der Waals surface area contributed by atoms with Crippen LogP contribution in [-0.2, 0) is 4.74 Å². The number of ether oxygens (including phenoxy) is 1. The number of fused-ring (bicyclic) bond motifs is 1. The Morgan fingerprint density at radius 1 is 1.39 bits per heavy atom. The molecule has 1 aliphatic carbocycles. The minimum Gasteiger partial charge on any atom is -0.381 e. The van der Waals surface area contributed by atoms with Gasteiger partial charge in [-0.2, -0.15) is 0 Å². The van der Waals surface area contributed by atoms with E-state index in [-0.39, 0.29) is 5.41 Å². The van der Waals surface area contributed by atoms with E-state index in [9.17, 15) is 0 Å². The molecule has 3 atom stereocenters. The SMILES string of the molecule is Cc1c(Br)cccc1NC1C2CCOC2C1(C)C. The van der Waals surface area contributed by atoms with Crippen LogP contribution < -0.4 is 5.32 Å². The first kappa shape index (κ1) is 12.5. The van der Waals surface area contributed by atoms with E-state index in [1.807, 2.05) is 0 Å². The maximum Gasteiger partial charge on any atom is 0.0694 e. The molecule has 0 bridgehead atoms. The molecule has 0 amide bonds. The molecule has 2 fully saturated rings. The van der Waals surface area contributed by atoms with Gasteiger partial charge >= 0.3 is 0 Å². The van der Waals surface area contributed by atoms with Crippen LogP contribution in [0.3, 0.4) is 0 Å². The van der Waals surface area contributed by atoms with Crippen molar-refractivity contribution in [2.45, 2.75) is 39.3 Å². The van der Waals surface area contributed by atoms with Crippen molar-refractivity contribution in [3.05, 3.63) is 28.2 Å². The average molecular weight is 310 g/mol.